The molecule has 1 nitrogen and oxygen atoms in total. The van der Waals surface area contributed by atoms with Crippen molar-refractivity contribution in [2.75, 3.05) is 0 Å². The Morgan fingerprint density at radius 1 is 0.147 bits per heavy atom. The first kappa shape index (κ1) is 77.1. The summed E-state index contributed by atoms with van der Waals surface area (Å²) < 4.78 is 10.2. The van der Waals surface area contributed by atoms with Gasteiger partial charge in [-0.15, -0.1) is 0 Å². The van der Waals surface area contributed by atoms with Gasteiger partial charge in [-0.25, -0.2) is 0 Å². The van der Waals surface area contributed by atoms with Crippen molar-refractivity contribution >= 4 is 45.9 Å². The molecule has 0 bridgehead atoms. The minimum absolute atomic E-state index is 1.38. The van der Waals surface area contributed by atoms with Gasteiger partial charge in [-0.2, -0.15) is 0 Å². The summed E-state index contributed by atoms with van der Waals surface area (Å²) in [6.45, 7) is 24.7. The quantitative estimate of drug-likeness (QED) is 0.0436. The Labute approximate surface area is 487 Å². The van der Waals surface area contributed by atoms with E-state index in [9.17, 15) is 2.79 Å². The van der Waals surface area contributed by atoms with E-state index in [-0.39, 0.29) is 0 Å². The van der Waals surface area contributed by atoms with Gasteiger partial charge in [0.15, 0.2) is 0 Å². The van der Waals surface area contributed by atoms with Gasteiger partial charge in [0, 0.05) is 0 Å². The summed E-state index contributed by atoms with van der Waals surface area (Å²) in [7, 11) is 0. The van der Waals surface area contributed by atoms with Gasteiger partial charge in [0.1, 0.15) is 0 Å². The van der Waals surface area contributed by atoms with Gasteiger partial charge in [-0.3, -0.25) is 0 Å². The second-order valence-corrected chi connectivity index (χ2v) is 102. The normalized spacial score (nSPS) is 12.7. The summed E-state index contributed by atoms with van der Waals surface area (Å²) in [5.74, 6) is 0. The third-order valence-electron chi connectivity index (χ3n) is 19.6. The van der Waals surface area contributed by atoms with Gasteiger partial charge in [-0.05, 0) is 0 Å². The maximum atomic E-state index is 10.2. The first-order valence-electron chi connectivity index (χ1n) is 36.5. The average Bonchev–Trinajstić information content (AvgIpc) is 3.41. The molecule has 0 saturated heterocycles. The molecule has 0 aliphatic heterocycles. The number of hydrogen-bond acceptors (Lipinski definition) is 1. The molecule has 0 atom stereocenters. The predicted octanol–water partition coefficient (Wildman–Crippen LogP) is 27.7. The fourth-order valence-corrected chi connectivity index (χ4v) is 199. The van der Waals surface area contributed by atoms with Crippen molar-refractivity contribution in [1.29, 1.82) is 0 Å². The Balaban J connectivity index is 9.16. The van der Waals surface area contributed by atoms with Crippen LogP contribution in [0, 0.1) is 0 Å². The standard InChI is InChI=1S/C70H150Ge4O/c1-11-21-31-41-51-61-71(62-52-42-32-22-12-2,63-53-43-33-23-13-3)73(67-57-47-37-27-17-7,68-58-48-38-28-18-8)75-74(69-59-49-39-29-19-9,70-60-50-40-30-20-10)72(64-54-44-34-24-14-4,65-55-45-35-25-15-5)66-56-46-36-26-16-6/h11-70H2,1-10H3. The average molecular weight is 1300 g/mol. The van der Waals surface area contributed by atoms with E-state index in [1.165, 1.54) is 257 Å². The molecule has 0 saturated carbocycles. The Hall–Kier alpha value is 2.13. The summed E-state index contributed by atoms with van der Waals surface area (Å²) in [6.07, 6.45) is 74.6. The van der Waals surface area contributed by atoms with Crippen LogP contribution in [-0.4, -0.2) is 45.9 Å². The van der Waals surface area contributed by atoms with Crippen molar-refractivity contribution in [1.82, 2.24) is 0 Å². The molecular formula is C70H150Ge4O. The van der Waals surface area contributed by atoms with E-state index >= 15 is 0 Å². The summed E-state index contributed by atoms with van der Waals surface area (Å²) >= 11 is -11.3. The SMILES string of the molecule is CCCCCC[CH2][Ge]([CH2]CCCCCC)([CH2]CCCCCC)[Ge]([CH2]CCCCCC)([CH2]CCCCCC)[O][Ge]([CH2]CCCCCC)([CH2]CCCCCC)[Ge]([CH2]CCCCCC)([CH2]CCCCCC)[CH2]CCCCCC. The predicted molar refractivity (Wildman–Crippen MR) is 360 cm³/mol. The van der Waals surface area contributed by atoms with E-state index < -0.39 is 45.9 Å². The molecule has 0 aromatic heterocycles. The molecule has 0 N–H and O–H groups in total. The van der Waals surface area contributed by atoms with Gasteiger partial charge in [0.2, 0.25) is 0 Å². The van der Waals surface area contributed by atoms with Crippen LogP contribution < -0.4 is 0 Å². The van der Waals surface area contributed by atoms with Gasteiger partial charge < -0.3 is 0 Å². The zero-order valence-electron chi connectivity index (χ0n) is 54.8. The fraction of sp³-hybridized carbons (Fsp3) is 1.00. The molecule has 0 fully saturated rings. The summed E-state index contributed by atoms with van der Waals surface area (Å²) in [5.41, 5.74) is 0. The van der Waals surface area contributed by atoms with Crippen LogP contribution in [0.15, 0.2) is 0 Å². The van der Waals surface area contributed by atoms with E-state index in [1.54, 1.807) is 117 Å². The van der Waals surface area contributed by atoms with Crippen LogP contribution in [0.3, 0.4) is 0 Å². The van der Waals surface area contributed by atoms with E-state index in [1.807, 2.05) is 0 Å². The monoisotopic (exact) mass is 1300 g/mol. The summed E-state index contributed by atoms with van der Waals surface area (Å²) in [6, 6.07) is 0. The first-order valence-corrected chi connectivity index (χ1v) is 66.1. The molecule has 452 valence electrons. The van der Waals surface area contributed by atoms with Crippen molar-refractivity contribution in [2.24, 2.45) is 0 Å². The third-order valence-corrected chi connectivity index (χ3v) is 145. The Kier molecular flexibility index (Phi) is 58.2. The van der Waals surface area contributed by atoms with E-state index in [0.29, 0.717) is 0 Å². The molecule has 0 rings (SSSR count). The van der Waals surface area contributed by atoms with Crippen molar-refractivity contribution in [3.05, 3.63) is 0 Å². The van der Waals surface area contributed by atoms with Crippen LogP contribution in [0.2, 0.25) is 52.5 Å². The molecule has 0 radical (unpaired) electrons. The van der Waals surface area contributed by atoms with Gasteiger partial charge in [0.05, 0.1) is 0 Å². The van der Waals surface area contributed by atoms with Crippen LogP contribution >= 0.6 is 0 Å². The van der Waals surface area contributed by atoms with Crippen LogP contribution in [0.1, 0.15) is 390 Å². The van der Waals surface area contributed by atoms with Gasteiger partial charge >= 0.3 is 491 Å². The van der Waals surface area contributed by atoms with E-state index in [0.717, 1.165) is 0 Å². The van der Waals surface area contributed by atoms with Crippen LogP contribution in [0.4, 0.5) is 0 Å². The second kappa shape index (κ2) is 56.6. The molecule has 0 aliphatic rings. The zero-order chi connectivity index (χ0) is 55.1. The van der Waals surface area contributed by atoms with Crippen LogP contribution in [0.25, 0.3) is 0 Å². The molecule has 0 amide bonds. The van der Waals surface area contributed by atoms with Gasteiger partial charge in [0.25, 0.3) is 0 Å². The van der Waals surface area contributed by atoms with Crippen LogP contribution in [0.5, 0.6) is 0 Å². The molecule has 0 aliphatic carbocycles. The Morgan fingerprint density at radius 3 is 0.400 bits per heavy atom. The molecule has 0 aromatic carbocycles. The van der Waals surface area contributed by atoms with E-state index in [2.05, 4.69) is 69.2 Å². The second-order valence-electron chi connectivity index (χ2n) is 26.3. The van der Waals surface area contributed by atoms with Crippen LogP contribution in [-0.2, 0) is 2.79 Å². The molecule has 0 heterocycles. The fourth-order valence-electron chi connectivity index (χ4n) is 14.7. The Morgan fingerprint density at radius 2 is 0.267 bits per heavy atom. The maximum absolute atomic E-state index is 10.2. The molecule has 0 aromatic rings. The first-order chi connectivity index (χ1) is 36.8. The molecule has 75 heavy (non-hydrogen) atoms. The van der Waals surface area contributed by atoms with Crippen molar-refractivity contribution in [2.45, 2.75) is 443 Å². The molecule has 0 spiro atoms. The molecular weight excluding hydrogens is 1150 g/mol. The Bertz CT molecular complexity index is 928. The van der Waals surface area contributed by atoms with Crippen molar-refractivity contribution in [3.8, 4) is 0 Å². The molecule has 5 heteroatoms. The summed E-state index contributed by atoms with van der Waals surface area (Å²) in [4.78, 5) is 0. The number of hydrogen-bond donors (Lipinski definition) is 0. The number of rotatable bonds is 64. The number of unbranched alkanes of at least 4 members (excludes halogenated alkanes) is 40. The van der Waals surface area contributed by atoms with Gasteiger partial charge in [-0.1, -0.05) is 0 Å². The van der Waals surface area contributed by atoms with Crippen molar-refractivity contribution in [3.63, 3.8) is 0 Å². The van der Waals surface area contributed by atoms with Crippen molar-refractivity contribution < 1.29 is 2.79 Å². The third kappa shape index (κ3) is 37.1. The zero-order valence-corrected chi connectivity index (χ0v) is 63.2. The summed E-state index contributed by atoms with van der Waals surface area (Å²) in [5, 5.41) is 17.3. The molecule has 0 unspecified atom stereocenters. The van der Waals surface area contributed by atoms with E-state index in [4.69, 9.17) is 0 Å². The minimum atomic E-state index is -3.01. The topological polar surface area (TPSA) is 9.23 Å².